The molecule has 3 rings (SSSR count). The van der Waals surface area contributed by atoms with Crippen molar-refractivity contribution < 1.29 is 4.79 Å². The molecule has 1 amide bonds. The molecule has 0 fully saturated rings. The average Bonchev–Trinajstić information content (AvgIpc) is 3.06. The summed E-state index contributed by atoms with van der Waals surface area (Å²) < 4.78 is 0. The number of nitrogens with zero attached hydrogens (tertiary/aromatic N) is 2. The van der Waals surface area contributed by atoms with Gasteiger partial charge in [-0.1, -0.05) is 38.1 Å². The molecule has 1 aromatic carbocycles. The lowest BCUT2D eigenvalue weighted by molar-refractivity contribution is 0.0956. The molecule has 24 heavy (non-hydrogen) atoms. The van der Waals surface area contributed by atoms with Crippen LogP contribution in [-0.4, -0.2) is 17.1 Å². The van der Waals surface area contributed by atoms with Gasteiger partial charge in [0, 0.05) is 16.0 Å². The SMILES string of the molecule is CC(C)Cc1cc(C(=O)N/N=C\c2cccs2)c2ccccc2n1. The summed E-state index contributed by atoms with van der Waals surface area (Å²) >= 11 is 1.57. The third kappa shape index (κ3) is 3.86. The Bertz CT molecular complexity index is 869. The summed E-state index contributed by atoms with van der Waals surface area (Å²) in [6.07, 6.45) is 2.49. The standard InChI is InChI=1S/C19H19N3OS/c1-13(2)10-14-11-17(16-7-3-4-8-18(16)21-14)19(23)22-20-12-15-6-5-9-24-15/h3-9,11-13H,10H2,1-2H3,(H,22,23)/b20-12-. The van der Waals surface area contributed by atoms with Crippen LogP contribution in [0, 0.1) is 5.92 Å². The minimum Gasteiger partial charge on any atom is -0.267 e. The number of hydrazone groups is 1. The predicted molar refractivity (Wildman–Crippen MR) is 99.7 cm³/mol. The van der Waals surface area contributed by atoms with Gasteiger partial charge >= 0.3 is 0 Å². The highest BCUT2D eigenvalue weighted by Crippen LogP contribution is 2.20. The molecule has 0 bridgehead atoms. The molecule has 4 nitrogen and oxygen atoms in total. The van der Waals surface area contributed by atoms with E-state index >= 15 is 0 Å². The van der Waals surface area contributed by atoms with Gasteiger partial charge in [-0.15, -0.1) is 11.3 Å². The first-order valence-electron chi connectivity index (χ1n) is 7.89. The zero-order chi connectivity index (χ0) is 16.9. The quantitative estimate of drug-likeness (QED) is 0.559. The van der Waals surface area contributed by atoms with E-state index in [1.54, 1.807) is 17.6 Å². The van der Waals surface area contributed by atoms with Crippen LogP contribution in [0.25, 0.3) is 10.9 Å². The van der Waals surface area contributed by atoms with Gasteiger partial charge in [-0.25, -0.2) is 5.43 Å². The third-order valence-electron chi connectivity index (χ3n) is 3.53. The van der Waals surface area contributed by atoms with Gasteiger partial charge in [0.15, 0.2) is 0 Å². The van der Waals surface area contributed by atoms with Crippen molar-refractivity contribution in [2.75, 3.05) is 0 Å². The molecule has 0 unspecified atom stereocenters. The van der Waals surface area contributed by atoms with Gasteiger partial charge in [0.25, 0.3) is 5.91 Å². The first-order valence-corrected chi connectivity index (χ1v) is 8.77. The van der Waals surface area contributed by atoms with Crippen LogP contribution < -0.4 is 5.43 Å². The van der Waals surface area contributed by atoms with Crippen LogP contribution in [0.4, 0.5) is 0 Å². The predicted octanol–water partition coefficient (Wildman–Crippen LogP) is 4.26. The number of nitrogens with one attached hydrogen (secondary N) is 1. The molecule has 0 aliphatic heterocycles. The Labute approximate surface area is 145 Å². The summed E-state index contributed by atoms with van der Waals surface area (Å²) in [5, 5.41) is 6.86. The van der Waals surface area contributed by atoms with E-state index in [1.165, 1.54) is 0 Å². The van der Waals surface area contributed by atoms with E-state index in [1.807, 2.05) is 47.8 Å². The number of pyridine rings is 1. The van der Waals surface area contributed by atoms with Crippen molar-refractivity contribution >= 4 is 34.4 Å². The summed E-state index contributed by atoms with van der Waals surface area (Å²) in [6.45, 7) is 4.28. The van der Waals surface area contributed by atoms with Gasteiger partial charge in [0.05, 0.1) is 17.3 Å². The van der Waals surface area contributed by atoms with E-state index in [0.29, 0.717) is 11.5 Å². The zero-order valence-corrected chi connectivity index (χ0v) is 14.5. The zero-order valence-electron chi connectivity index (χ0n) is 13.7. The van der Waals surface area contributed by atoms with Crippen LogP contribution in [0.5, 0.6) is 0 Å². The Morgan fingerprint density at radius 2 is 2.12 bits per heavy atom. The number of benzene rings is 1. The van der Waals surface area contributed by atoms with E-state index in [0.717, 1.165) is 27.9 Å². The maximum Gasteiger partial charge on any atom is 0.272 e. The van der Waals surface area contributed by atoms with Crippen molar-refractivity contribution in [2.45, 2.75) is 20.3 Å². The van der Waals surface area contributed by atoms with Crippen LogP contribution in [0.1, 0.15) is 34.8 Å². The minimum atomic E-state index is -0.216. The van der Waals surface area contributed by atoms with Crippen LogP contribution >= 0.6 is 11.3 Å². The van der Waals surface area contributed by atoms with Crippen molar-refractivity contribution in [3.05, 3.63) is 64.0 Å². The molecule has 0 radical (unpaired) electrons. The van der Waals surface area contributed by atoms with Crippen molar-refractivity contribution in [2.24, 2.45) is 11.0 Å². The second-order valence-electron chi connectivity index (χ2n) is 5.99. The maximum absolute atomic E-state index is 12.6. The average molecular weight is 337 g/mol. The fourth-order valence-corrected chi connectivity index (χ4v) is 3.11. The number of rotatable bonds is 5. The first kappa shape index (κ1) is 16.3. The van der Waals surface area contributed by atoms with Gasteiger partial charge < -0.3 is 0 Å². The smallest absolute Gasteiger partial charge is 0.267 e. The summed E-state index contributed by atoms with van der Waals surface area (Å²) in [7, 11) is 0. The van der Waals surface area contributed by atoms with E-state index in [9.17, 15) is 4.79 Å². The lowest BCUT2D eigenvalue weighted by Gasteiger charge is -2.10. The largest absolute Gasteiger partial charge is 0.272 e. The molecule has 3 aromatic rings. The summed E-state index contributed by atoms with van der Waals surface area (Å²) in [5.74, 6) is 0.262. The Kier molecular flexibility index (Phi) is 5.01. The number of fused-ring (bicyclic) bond motifs is 1. The molecule has 5 heteroatoms. The minimum absolute atomic E-state index is 0.216. The van der Waals surface area contributed by atoms with Gasteiger partial charge in [-0.05, 0) is 35.9 Å². The molecule has 2 aromatic heterocycles. The Balaban J connectivity index is 1.89. The number of thiophene rings is 1. The molecule has 0 saturated heterocycles. The van der Waals surface area contributed by atoms with Crippen LogP contribution in [0.15, 0.2) is 52.9 Å². The molecule has 0 aliphatic carbocycles. The van der Waals surface area contributed by atoms with Crippen molar-refractivity contribution in [3.63, 3.8) is 0 Å². The number of carbonyl (C=O) groups excluding carboxylic acids is 1. The van der Waals surface area contributed by atoms with Crippen molar-refractivity contribution in [3.8, 4) is 0 Å². The molecular weight excluding hydrogens is 318 g/mol. The van der Waals surface area contributed by atoms with Crippen molar-refractivity contribution in [1.82, 2.24) is 10.4 Å². The second kappa shape index (κ2) is 7.36. The third-order valence-corrected chi connectivity index (χ3v) is 4.34. The van der Waals surface area contributed by atoms with Gasteiger partial charge in [-0.3, -0.25) is 9.78 Å². The summed E-state index contributed by atoms with van der Waals surface area (Å²) in [5.41, 5.74) is 4.99. The number of hydrogen-bond donors (Lipinski definition) is 1. The number of aromatic nitrogens is 1. The number of amides is 1. The molecule has 1 N–H and O–H groups in total. The van der Waals surface area contributed by atoms with E-state index < -0.39 is 0 Å². The maximum atomic E-state index is 12.6. The Hall–Kier alpha value is -2.53. The van der Waals surface area contributed by atoms with Crippen LogP contribution in [0.3, 0.4) is 0 Å². The molecule has 0 aliphatic rings. The number of hydrogen-bond acceptors (Lipinski definition) is 4. The summed E-state index contributed by atoms with van der Waals surface area (Å²) in [4.78, 5) is 18.2. The highest BCUT2D eigenvalue weighted by atomic mass is 32.1. The summed E-state index contributed by atoms with van der Waals surface area (Å²) in [6, 6.07) is 13.5. The van der Waals surface area contributed by atoms with Crippen molar-refractivity contribution in [1.29, 1.82) is 0 Å². The van der Waals surface area contributed by atoms with E-state index in [2.05, 4.69) is 29.4 Å². The molecule has 0 atom stereocenters. The van der Waals surface area contributed by atoms with E-state index in [4.69, 9.17) is 0 Å². The lowest BCUT2D eigenvalue weighted by Crippen LogP contribution is -2.18. The van der Waals surface area contributed by atoms with E-state index in [-0.39, 0.29) is 5.91 Å². The molecule has 0 spiro atoms. The van der Waals surface area contributed by atoms with Crippen LogP contribution in [-0.2, 0) is 6.42 Å². The highest BCUT2D eigenvalue weighted by Gasteiger charge is 2.13. The monoisotopic (exact) mass is 337 g/mol. The van der Waals surface area contributed by atoms with Gasteiger partial charge in [0.1, 0.15) is 0 Å². The fraction of sp³-hybridized carbons (Fsp3) is 0.211. The molecule has 0 saturated carbocycles. The second-order valence-corrected chi connectivity index (χ2v) is 6.97. The van der Waals surface area contributed by atoms with Crippen LogP contribution in [0.2, 0.25) is 0 Å². The lowest BCUT2D eigenvalue weighted by atomic mass is 10.0. The molecular formula is C19H19N3OS. The van der Waals surface area contributed by atoms with Gasteiger partial charge in [0.2, 0.25) is 0 Å². The molecule has 122 valence electrons. The highest BCUT2D eigenvalue weighted by molar-refractivity contribution is 7.11. The topological polar surface area (TPSA) is 54.4 Å². The number of para-hydroxylation sites is 1. The number of carbonyl (C=O) groups is 1. The Morgan fingerprint density at radius 1 is 1.29 bits per heavy atom. The fourth-order valence-electron chi connectivity index (χ4n) is 2.52. The normalized spacial score (nSPS) is 11.5. The van der Waals surface area contributed by atoms with Gasteiger partial charge in [-0.2, -0.15) is 5.10 Å². The molecule has 2 heterocycles. The first-order chi connectivity index (χ1) is 11.6. The Morgan fingerprint density at radius 3 is 2.88 bits per heavy atom.